The molecular weight excluding hydrogens is 354 g/mol. The van der Waals surface area contributed by atoms with Crippen LogP contribution in [-0.2, 0) is 6.54 Å². The summed E-state index contributed by atoms with van der Waals surface area (Å²) in [6.45, 7) is 4.61. The summed E-state index contributed by atoms with van der Waals surface area (Å²) in [7, 11) is 1.61. The highest BCUT2D eigenvalue weighted by Gasteiger charge is 2.14. The highest BCUT2D eigenvalue weighted by molar-refractivity contribution is 7.16. The molecule has 8 heteroatoms. The summed E-state index contributed by atoms with van der Waals surface area (Å²) in [6, 6.07) is 9.31. The van der Waals surface area contributed by atoms with Crippen LogP contribution in [0.25, 0.3) is 10.2 Å². The zero-order valence-electron chi connectivity index (χ0n) is 14.6. The van der Waals surface area contributed by atoms with Crippen LogP contribution in [-0.4, -0.2) is 22.5 Å². The predicted molar refractivity (Wildman–Crippen MR) is 99.8 cm³/mol. The molecule has 1 aromatic heterocycles. The van der Waals surface area contributed by atoms with E-state index in [9.17, 15) is 14.9 Å². The number of nitrogens with zero attached hydrogens (tertiary/aromatic N) is 3. The molecule has 0 bridgehead atoms. The average molecular weight is 371 g/mol. The normalized spacial score (nSPS) is 11.7. The lowest BCUT2D eigenvalue weighted by Crippen LogP contribution is -2.16. The molecule has 2 aromatic carbocycles. The summed E-state index contributed by atoms with van der Waals surface area (Å²) in [5.74, 6) is 0.290. The SMILES string of the molecule is CCn1c(=NC(=O)c2ccc([N+](=O)[O-])cc2)sc2c(C)ccc(OC)c21. The highest BCUT2D eigenvalue weighted by atomic mass is 32.1. The van der Waals surface area contributed by atoms with Crippen molar-refractivity contribution in [3.8, 4) is 5.75 Å². The Balaban J connectivity index is 2.13. The second kappa shape index (κ2) is 7.09. The van der Waals surface area contributed by atoms with Gasteiger partial charge >= 0.3 is 0 Å². The number of carbonyl (C=O) groups is 1. The molecule has 3 rings (SSSR count). The molecule has 1 heterocycles. The van der Waals surface area contributed by atoms with Gasteiger partial charge in [0.2, 0.25) is 0 Å². The van der Waals surface area contributed by atoms with Gasteiger partial charge in [0, 0.05) is 24.2 Å². The van der Waals surface area contributed by atoms with Crippen LogP contribution in [0.4, 0.5) is 5.69 Å². The van der Waals surface area contributed by atoms with Crippen LogP contribution in [0.15, 0.2) is 41.4 Å². The second-order valence-corrected chi connectivity index (χ2v) is 6.59. The third-order valence-corrected chi connectivity index (χ3v) is 5.26. The van der Waals surface area contributed by atoms with Crippen molar-refractivity contribution >= 4 is 33.1 Å². The lowest BCUT2D eigenvalue weighted by atomic mass is 10.2. The van der Waals surface area contributed by atoms with Crippen molar-refractivity contribution in [3.05, 3.63) is 62.4 Å². The molecule has 0 saturated heterocycles. The van der Waals surface area contributed by atoms with E-state index in [-0.39, 0.29) is 5.69 Å². The van der Waals surface area contributed by atoms with E-state index in [0.717, 1.165) is 21.5 Å². The van der Waals surface area contributed by atoms with E-state index in [0.29, 0.717) is 16.9 Å². The Morgan fingerprint density at radius 3 is 2.54 bits per heavy atom. The molecule has 0 aliphatic heterocycles. The van der Waals surface area contributed by atoms with Gasteiger partial charge in [-0.2, -0.15) is 4.99 Å². The number of hydrogen-bond donors (Lipinski definition) is 0. The number of fused-ring (bicyclic) bond motifs is 1. The molecule has 134 valence electrons. The predicted octanol–water partition coefficient (Wildman–Crippen LogP) is 3.69. The number of carbonyl (C=O) groups excluding carboxylic acids is 1. The molecule has 0 radical (unpaired) electrons. The number of aromatic nitrogens is 1. The Hall–Kier alpha value is -3.00. The minimum atomic E-state index is -0.502. The Morgan fingerprint density at radius 1 is 1.27 bits per heavy atom. The maximum atomic E-state index is 12.5. The molecule has 0 atom stereocenters. The van der Waals surface area contributed by atoms with Gasteiger partial charge < -0.3 is 9.30 Å². The minimum absolute atomic E-state index is 0.0626. The Morgan fingerprint density at radius 2 is 1.96 bits per heavy atom. The van der Waals surface area contributed by atoms with Gasteiger partial charge in [-0.05, 0) is 37.6 Å². The van der Waals surface area contributed by atoms with Gasteiger partial charge in [-0.15, -0.1) is 0 Å². The van der Waals surface area contributed by atoms with Gasteiger partial charge in [-0.25, -0.2) is 0 Å². The molecule has 0 spiro atoms. The van der Waals surface area contributed by atoms with Crippen molar-refractivity contribution in [2.75, 3.05) is 7.11 Å². The third kappa shape index (κ3) is 3.11. The van der Waals surface area contributed by atoms with E-state index in [2.05, 4.69) is 4.99 Å². The summed E-state index contributed by atoms with van der Waals surface area (Å²) in [5.41, 5.74) is 2.24. The van der Waals surface area contributed by atoms with Gasteiger partial charge in [0.15, 0.2) is 4.80 Å². The fraction of sp³-hybridized carbons (Fsp3) is 0.222. The van der Waals surface area contributed by atoms with Gasteiger partial charge in [0.05, 0.1) is 16.7 Å². The van der Waals surface area contributed by atoms with Crippen molar-refractivity contribution in [3.63, 3.8) is 0 Å². The Labute approximate surface area is 153 Å². The van der Waals surface area contributed by atoms with Crippen LogP contribution in [0.1, 0.15) is 22.8 Å². The number of rotatable bonds is 4. The maximum Gasteiger partial charge on any atom is 0.279 e. The first kappa shape index (κ1) is 17.8. The van der Waals surface area contributed by atoms with Crippen molar-refractivity contribution in [2.24, 2.45) is 4.99 Å². The van der Waals surface area contributed by atoms with Gasteiger partial charge in [-0.3, -0.25) is 14.9 Å². The molecule has 26 heavy (non-hydrogen) atoms. The van der Waals surface area contributed by atoms with Crippen LogP contribution >= 0.6 is 11.3 Å². The molecule has 0 aliphatic rings. The Bertz CT molecular complexity index is 1060. The lowest BCUT2D eigenvalue weighted by molar-refractivity contribution is -0.384. The largest absolute Gasteiger partial charge is 0.495 e. The van der Waals surface area contributed by atoms with Crippen LogP contribution in [0, 0.1) is 17.0 Å². The fourth-order valence-electron chi connectivity index (χ4n) is 2.70. The summed E-state index contributed by atoms with van der Waals surface area (Å²) in [6.07, 6.45) is 0. The number of hydrogen-bond acceptors (Lipinski definition) is 5. The monoisotopic (exact) mass is 371 g/mol. The molecular formula is C18H17N3O4S. The van der Waals surface area contributed by atoms with Gasteiger partial charge in [-0.1, -0.05) is 17.4 Å². The molecule has 0 unspecified atom stereocenters. The first-order valence-corrected chi connectivity index (χ1v) is 8.78. The van der Waals surface area contributed by atoms with Crippen LogP contribution in [0.5, 0.6) is 5.75 Å². The first-order chi connectivity index (χ1) is 12.5. The number of ether oxygens (including phenoxy) is 1. The lowest BCUT2D eigenvalue weighted by Gasteiger charge is -2.07. The standard InChI is InChI=1S/C18H17N3O4S/c1-4-20-15-14(25-3)10-5-11(2)16(15)26-18(20)19-17(22)12-6-8-13(9-7-12)21(23)24/h5-10H,4H2,1-3H3. The van der Waals surface area contributed by atoms with Crippen LogP contribution < -0.4 is 9.54 Å². The van der Waals surface area contributed by atoms with Crippen LogP contribution in [0.3, 0.4) is 0 Å². The van der Waals surface area contributed by atoms with E-state index < -0.39 is 10.8 Å². The molecule has 0 saturated carbocycles. The zero-order valence-corrected chi connectivity index (χ0v) is 15.4. The maximum absolute atomic E-state index is 12.5. The highest BCUT2D eigenvalue weighted by Crippen LogP contribution is 2.30. The molecule has 7 nitrogen and oxygen atoms in total. The number of aryl methyl sites for hydroxylation is 2. The second-order valence-electron chi connectivity index (χ2n) is 5.61. The summed E-state index contributed by atoms with van der Waals surface area (Å²) in [5, 5.41) is 10.7. The average Bonchev–Trinajstić information content (AvgIpc) is 3.01. The first-order valence-electron chi connectivity index (χ1n) is 7.96. The smallest absolute Gasteiger partial charge is 0.279 e. The van der Waals surface area contributed by atoms with E-state index in [4.69, 9.17) is 4.74 Å². The fourth-order valence-corrected chi connectivity index (χ4v) is 3.88. The number of non-ortho nitro benzene ring substituents is 1. The topological polar surface area (TPSA) is 86.7 Å². The van der Waals surface area contributed by atoms with Crippen molar-refractivity contribution in [1.29, 1.82) is 0 Å². The van der Waals surface area contributed by atoms with Gasteiger partial charge in [0.25, 0.3) is 11.6 Å². The zero-order chi connectivity index (χ0) is 18.8. The number of nitro groups is 1. The third-order valence-electron chi connectivity index (χ3n) is 4.04. The van der Waals surface area contributed by atoms with E-state index in [1.54, 1.807) is 7.11 Å². The molecule has 1 amide bonds. The molecule has 0 aliphatic carbocycles. The number of thiazole rings is 1. The van der Waals surface area contributed by atoms with Crippen LogP contribution in [0.2, 0.25) is 0 Å². The quantitative estimate of drug-likeness (QED) is 0.517. The number of nitro benzene ring substituents is 1. The van der Waals surface area contributed by atoms with Gasteiger partial charge in [0.1, 0.15) is 11.3 Å². The van der Waals surface area contributed by atoms with Crippen molar-refractivity contribution in [1.82, 2.24) is 4.57 Å². The summed E-state index contributed by atoms with van der Waals surface area (Å²) < 4.78 is 8.41. The number of methoxy groups -OCH3 is 1. The van der Waals surface area contributed by atoms with E-state index in [1.165, 1.54) is 35.6 Å². The minimum Gasteiger partial charge on any atom is -0.495 e. The molecule has 0 N–H and O–H groups in total. The van der Waals surface area contributed by atoms with E-state index >= 15 is 0 Å². The Kier molecular flexibility index (Phi) is 4.85. The van der Waals surface area contributed by atoms with Crippen molar-refractivity contribution < 1.29 is 14.5 Å². The number of amides is 1. The molecule has 3 aromatic rings. The van der Waals surface area contributed by atoms with E-state index in [1.807, 2.05) is 30.5 Å². The summed E-state index contributed by atoms with van der Waals surface area (Å²) >= 11 is 1.42. The molecule has 0 fully saturated rings. The summed E-state index contributed by atoms with van der Waals surface area (Å²) in [4.78, 5) is 27.5. The number of benzene rings is 2. The van der Waals surface area contributed by atoms with Crippen molar-refractivity contribution in [2.45, 2.75) is 20.4 Å².